The monoisotopic (exact) mass is 603 g/mol. The van der Waals surface area contributed by atoms with E-state index >= 15 is 8.78 Å². The van der Waals surface area contributed by atoms with Gasteiger partial charge < -0.3 is 14.9 Å². The quantitative estimate of drug-likeness (QED) is 0.306. The number of hydrogen-bond acceptors (Lipinski definition) is 7. The fourth-order valence-electron chi connectivity index (χ4n) is 6.13. The number of pyridine rings is 3. The first kappa shape index (κ1) is 28.9. The number of phenolic OH excluding ortho intramolecular Hbond substituents is 1. The van der Waals surface area contributed by atoms with Gasteiger partial charge in [0.05, 0.1) is 33.6 Å². The van der Waals surface area contributed by atoms with Gasteiger partial charge in [0.2, 0.25) is 5.91 Å². The SMILES string of the molecule is C=CC(=O)N1CC2CSc3c(c4cc(F)c(-c5c(O)cccc5F)nc4n(-c4c(C)ccnc4C(C)C)c3=O)N2CC1C. The van der Waals surface area contributed by atoms with Crippen LogP contribution in [0.1, 0.15) is 37.9 Å². The van der Waals surface area contributed by atoms with Crippen molar-refractivity contribution in [3.8, 4) is 22.7 Å². The highest BCUT2D eigenvalue weighted by Gasteiger charge is 2.40. The zero-order valence-electron chi connectivity index (χ0n) is 24.3. The van der Waals surface area contributed by atoms with E-state index in [0.717, 1.165) is 11.6 Å². The van der Waals surface area contributed by atoms with Crippen LogP contribution in [0.25, 0.3) is 28.0 Å². The predicted molar refractivity (Wildman–Crippen MR) is 164 cm³/mol. The van der Waals surface area contributed by atoms with Crippen molar-refractivity contribution in [2.75, 3.05) is 23.7 Å². The van der Waals surface area contributed by atoms with Crippen molar-refractivity contribution in [1.29, 1.82) is 0 Å². The summed E-state index contributed by atoms with van der Waals surface area (Å²) in [6, 6.07) is 6.44. The Hall–Kier alpha value is -4.25. The van der Waals surface area contributed by atoms with Crippen LogP contribution in [0.5, 0.6) is 5.75 Å². The summed E-state index contributed by atoms with van der Waals surface area (Å²) in [6.45, 7) is 12.2. The Labute approximate surface area is 251 Å². The second-order valence-electron chi connectivity index (χ2n) is 11.3. The summed E-state index contributed by atoms with van der Waals surface area (Å²) in [5.41, 5.74) is 1.50. The van der Waals surface area contributed by atoms with E-state index < -0.39 is 23.1 Å². The van der Waals surface area contributed by atoms with Gasteiger partial charge in [0.1, 0.15) is 17.3 Å². The molecule has 43 heavy (non-hydrogen) atoms. The lowest BCUT2D eigenvalue weighted by molar-refractivity contribution is -0.128. The van der Waals surface area contributed by atoms with Crippen molar-refractivity contribution in [3.05, 3.63) is 82.4 Å². The molecule has 1 N–H and O–H groups in total. The number of aromatic hydroxyl groups is 1. The molecule has 2 aliphatic heterocycles. The maximum Gasteiger partial charge on any atom is 0.272 e. The lowest BCUT2D eigenvalue weighted by atomic mass is 10.0. The highest BCUT2D eigenvalue weighted by Crippen LogP contribution is 2.44. The fraction of sp³-hybridized carbons (Fsp3) is 0.312. The summed E-state index contributed by atoms with van der Waals surface area (Å²) in [4.78, 5) is 40.6. The van der Waals surface area contributed by atoms with Gasteiger partial charge in [0, 0.05) is 36.5 Å². The molecular formula is C32H31F2N5O3S. The minimum absolute atomic E-state index is 0.0585. The first-order valence-electron chi connectivity index (χ1n) is 14.1. The Morgan fingerprint density at radius 3 is 2.65 bits per heavy atom. The van der Waals surface area contributed by atoms with E-state index in [0.29, 0.717) is 46.2 Å². The third kappa shape index (κ3) is 4.57. The second kappa shape index (κ2) is 10.8. The number of carbonyl (C=O) groups is 1. The number of fused-ring (bicyclic) bond motifs is 5. The van der Waals surface area contributed by atoms with Crippen LogP contribution in [0.2, 0.25) is 0 Å². The van der Waals surface area contributed by atoms with Crippen molar-refractivity contribution in [2.45, 2.75) is 50.6 Å². The van der Waals surface area contributed by atoms with Crippen LogP contribution < -0.4 is 10.5 Å². The minimum atomic E-state index is -0.842. The first-order valence-corrected chi connectivity index (χ1v) is 15.1. The molecular weight excluding hydrogens is 572 g/mol. The van der Waals surface area contributed by atoms with Gasteiger partial charge in [-0.2, -0.15) is 0 Å². The summed E-state index contributed by atoms with van der Waals surface area (Å²) in [6.07, 6.45) is 2.98. The standard InChI is InChI=1S/C32H31F2N5O3S/c1-6-24(41)37-14-19-15-43-30-29(38(19)13-18(37)5)20-12-22(34)27(25-21(33)8-7-9-23(25)40)36-31(20)39(32(30)42)28-17(4)10-11-35-26(28)16(2)3/h6-12,16,18-19,40H,1,13-15H2,2-5H3. The average molecular weight is 604 g/mol. The number of nitrogens with zero attached hydrogens (tertiary/aromatic N) is 5. The molecule has 5 heterocycles. The van der Waals surface area contributed by atoms with E-state index in [2.05, 4.69) is 21.4 Å². The number of aryl methyl sites for hydroxylation is 1. The molecule has 0 aliphatic carbocycles. The molecule has 6 rings (SSSR count). The summed E-state index contributed by atoms with van der Waals surface area (Å²) in [7, 11) is 0. The van der Waals surface area contributed by atoms with Gasteiger partial charge in [-0.15, -0.1) is 11.8 Å². The minimum Gasteiger partial charge on any atom is -0.507 e. The second-order valence-corrected chi connectivity index (χ2v) is 12.3. The molecule has 1 fully saturated rings. The van der Waals surface area contributed by atoms with Crippen molar-refractivity contribution in [3.63, 3.8) is 0 Å². The average Bonchev–Trinajstić information content (AvgIpc) is 2.97. The molecule has 0 bridgehead atoms. The number of amides is 1. The molecule has 0 saturated carbocycles. The van der Waals surface area contributed by atoms with Crippen LogP contribution >= 0.6 is 11.8 Å². The number of phenols is 1. The van der Waals surface area contributed by atoms with Gasteiger partial charge in [-0.05, 0) is 55.7 Å². The van der Waals surface area contributed by atoms with E-state index in [1.807, 2.05) is 27.7 Å². The maximum absolute atomic E-state index is 16.0. The molecule has 8 nitrogen and oxygen atoms in total. The van der Waals surface area contributed by atoms with Gasteiger partial charge in [0.15, 0.2) is 11.5 Å². The van der Waals surface area contributed by atoms with Crippen LogP contribution in [0, 0.1) is 18.6 Å². The molecule has 222 valence electrons. The van der Waals surface area contributed by atoms with E-state index in [-0.39, 0.29) is 40.7 Å². The number of piperazine rings is 1. The Bertz CT molecular complexity index is 1850. The molecule has 1 saturated heterocycles. The number of thioether (sulfide) groups is 1. The molecule has 1 aromatic carbocycles. The summed E-state index contributed by atoms with van der Waals surface area (Å²) in [5.74, 6) is -1.83. The number of carbonyl (C=O) groups excluding carboxylic acids is 1. The fourth-order valence-corrected chi connectivity index (χ4v) is 7.36. The third-order valence-electron chi connectivity index (χ3n) is 8.19. The Kier molecular flexibility index (Phi) is 7.24. The molecule has 11 heteroatoms. The summed E-state index contributed by atoms with van der Waals surface area (Å²) >= 11 is 1.37. The topological polar surface area (TPSA) is 91.6 Å². The summed E-state index contributed by atoms with van der Waals surface area (Å²) < 4.78 is 32.5. The van der Waals surface area contributed by atoms with Gasteiger partial charge in [-0.3, -0.25) is 19.1 Å². The summed E-state index contributed by atoms with van der Waals surface area (Å²) in [5, 5.41) is 10.9. The molecule has 4 aromatic rings. The molecule has 2 aliphatic rings. The molecule has 1 amide bonds. The maximum atomic E-state index is 16.0. The van der Waals surface area contributed by atoms with E-state index in [1.54, 1.807) is 17.2 Å². The smallest absolute Gasteiger partial charge is 0.272 e. The van der Waals surface area contributed by atoms with E-state index in [1.165, 1.54) is 40.6 Å². The van der Waals surface area contributed by atoms with Crippen molar-refractivity contribution >= 4 is 34.4 Å². The molecule has 0 spiro atoms. The van der Waals surface area contributed by atoms with Gasteiger partial charge in [0.25, 0.3) is 5.56 Å². The van der Waals surface area contributed by atoms with Crippen molar-refractivity contribution < 1.29 is 18.7 Å². The number of anilines is 1. The number of aromatic nitrogens is 3. The number of halogens is 2. The lowest BCUT2D eigenvalue weighted by Gasteiger charge is -2.48. The number of hydrogen-bond donors (Lipinski definition) is 1. The zero-order chi connectivity index (χ0) is 30.7. The van der Waals surface area contributed by atoms with Gasteiger partial charge in [-0.1, -0.05) is 26.5 Å². The Morgan fingerprint density at radius 1 is 1.19 bits per heavy atom. The van der Waals surface area contributed by atoms with Crippen LogP contribution in [-0.4, -0.2) is 61.4 Å². The molecule has 0 radical (unpaired) electrons. The van der Waals surface area contributed by atoms with Crippen molar-refractivity contribution in [1.82, 2.24) is 19.4 Å². The van der Waals surface area contributed by atoms with Crippen LogP contribution in [0.4, 0.5) is 14.5 Å². The zero-order valence-corrected chi connectivity index (χ0v) is 25.1. The van der Waals surface area contributed by atoms with Crippen LogP contribution in [-0.2, 0) is 4.79 Å². The Morgan fingerprint density at radius 2 is 1.95 bits per heavy atom. The Balaban J connectivity index is 1.70. The van der Waals surface area contributed by atoms with E-state index in [9.17, 15) is 14.7 Å². The third-order valence-corrected chi connectivity index (χ3v) is 9.40. The van der Waals surface area contributed by atoms with Crippen LogP contribution in [0.3, 0.4) is 0 Å². The molecule has 2 atom stereocenters. The van der Waals surface area contributed by atoms with E-state index in [4.69, 9.17) is 0 Å². The van der Waals surface area contributed by atoms with Crippen molar-refractivity contribution in [2.24, 2.45) is 0 Å². The largest absolute Gasteiger partial charge is 0.507 e. The number of benzene rings is 1. The van der Waals surface area contributed by atoms with Gasteiger partial charge in [-0.25, -0.2) is 13.8 Å². The lowest BCUT2D eigenvalue weighted by Crippen LogP contribution is -2.61. The van der Waals surface area contributed by atoms with Gasteiger partial charge >= 0.3 is 0 Å². The highest BCUT2D eigenvalue weighted by molar-refractivity contribution is 7.99. The number of rotatable bonds is 4. The predicted octanol–water partition coefficient (Wildman–Crippen LogP) is 5.56. The van der Waals surface area contributed by atoms with Crippen LogP contribution in [0.15, 0.2) is 58.9 Å². The molecule has 3 aromatic heterocycles. The normalized spacial score (nSPS) is 18.1. The first-order chi connectivity index (χ1) is 20.5. The highest BCUT2D eigenvalue weighted by atomic mass is 32.2. The molecule has 2 unspecified atom stereocenters.